The number of hydrogen-bond acceptors (Lipinski definition) is 3. The van der Waals surface area contributed by atoms with E-state index in [1.165, 1.54) is 27.5 Å². The molecule has 1 N–H and O–H groups in total. The molecule has 0 amide bonds. The van der Waals surface area contributed by atoms with E-state index in [2.05, 4.69) is 72.0 Å². The van der Waals surface area contributed by atoms with Crippen LogP contribution in [-0.4, -0.2) is 25.0 Å². The number of benzene rings is 4. The number of carbonyl (C=O) groups excluding carboxylic acids is 1. The minimum atomic E-state index is 0. The number of nitrogens with one attached hydrogen (secondary N) is 1. The fourth-order valence-corrected chi connectivity index (χ4v) is 4.76. The van der Waals surface area contributed by atoms with Gasteiger partial charge in [-0.05, 0) is 59.0 Å². The van der Waals surface area contributed by atoms with Crippen LogP contribution in [0.4, 0.5) is 0 Å². The molecule has 4 heteroatoms. The second-order valence-corrected chi connectivity index (χ2v) is 8.89. The molecular formula is C30H30ClNO2. The number of rotatable bonds is 6. The minimum absolute atomic E-state index is 0. The predicted octanol–water partition coefficient (Wildman–Crippen LogP) is 6.79. The highest BCUT2D eigenvalue weighted by Gasteiger charge is 2.27. The Bertz CT molecular complexity index is 1270. The zero-order chi connectivity index (χ0) is 22.6. The van der Waals surface area contributed by atoms with Gasteiger partial charge >= 0.3 is 0 Å². The zero-order valence-corrected chi connectivity index (χ0v) is 20.2. The summed E-state index contributed by atoms with van der Waals surface area (Å²) in [4.78, 5) is 11.6. The summed E-state index contributed by atoms with van der Waals surface area (Å²) in [5.41, 5.74) is 5.57. The molecule has 1 saturated heterocycles. The zero-order valence-electron chi connectivity index (χ0n) is 19.4. The number of halogens is 1. The first-order valence-electron chi connectivity index (χ1n) is 11.7. The molecule has 1 aliphatic heterocycles. The Hall–Kier alpha value is -2.98. The molecule has 1 fully saturated rings. The Morgan fingerprint density at radius 3 is 2.47 bits per heavy atom. The van der Waals surface area contributed by atoms with Crippen molar-refractivity contribution < 1.29 is 9.53 Å². The summed E-state index contributed by atoms with van der Waals surface area (Å²) in [6.45, 7) is 4.07. The molecule has 1 heterocycles. The van der Waals surface area contributed by atoms with Gasteiger partial charge in [-0.25, -0.2) is 0 Å². The number of fused-ring (bicyclic) bond motifs is 1. The van der Waals surface area contributed by atoms with Gasteiger partial charge in [0.25, 0.3) is 0 Å². The third-order valence-corrected chi connectivity index (χ3v) is 6.64. The summed E-state index contributed by atoms with van der Waals surface area (Å²) in [5, 5.41) is 6.01. The molecule has 3 nitrogen and oxygen atoms in total. The summed E-state index contributed by atoms with van der Waals surface area (Å²) in [5.74, 6) is 0.444. The molecule has 0 aromatic heterocycles. The number of ketones is 1. The largest absolute Gasteiger partial charge is 0.372 e. The van der Waals surface area contributed by atoms with Crippen LogP contribution in [0.25, 0.3) is 21.9 Å². The molecule has 174 valence electrons. The van der Waals surface area contributed by atoms with Gasteiger partial charge in [-0.2, -0.15) is 0 Å². The van der Waals surface area contributed by atoms with Gasteiger partial charge in [0.15, 0.2) is 5.78 Å². The quantitative estimate of drug-likeness (QED) is 0.314. The normalized spacial score (nSPS) is 17.8. The van der Waals surface area contributed by atoms with Gasteiger partial charge in [-0.15, -0.1) is 12.4 Å². The monoisotopic (exact) mass is 471 g/mol. The molecule has 0 spiro atoms. The van der Waals surface area contributed by atoms with Crippen LogP contribution in [0.15, 0.2) is 91.0 Å². The van der Waals surface area contributed by atoms with Crippen LogP contribution < -0.4 is 5.32 Å². The highest BCUT2D eigenvalue weighted by molar-refractivity contribution is 5.94. The van der Waals surface area contributed by atoms with Crippen LogP contribution in [0.5, 0.6) is 0 Å². The highest BCUT2D eigenvalue weighted by atomic mass is 35.5. The van der Waals surface area contributed by atoms with Gasteiger partial charge in [0, 0.05) is 18.0 Å². The first-order chi connectivity index (χ1) is 16.2. The van der Waals surface area contributed by atoms with Crippen LogP contribution >= 0.6 is 12.4 Å². The van der Waals surface area contributed by atoms with Gasteiger partial charge in [0.05, 0.1) is 12.7 Å². The van der Waals surface area contributed by atoms with Crippen molar-refractivity contribution in [3.05, 3.63) is 108 Å². The first kappa shape index (κ1) is 24.2. The molecule has 1 aliphatic rings. The third kappa shape index (κ3) is 5.39. The van der Waals surface area contributed by atoms with Gasteiger partial charge in [0.1, 0.15) is 0 Å². The van der Waals surface area contributed by atoms with Crippen molar-refractivity contribution in [2.75, 3.05) is 13.1 Å². The van der Waals surface area contributed by atoms with E-state index in [4.69, 9.17) is 4.74 Å². The van der Waals surface area contributed by atoms with Gasteiger partial charge < -0.3 is 10.1 Å². The third-order valence-electron chi connectivity index (χ3n) is 6.64. The van der Waals surface area contributed by atoms with E-state index in [0.29, 0.717) is 12.5 Å². The smallest absolute Gasteiger partial charge is 0.159 e. The summed E-state index contributed by atoms with van der Waals surface area (Å²) in [6.07, 6.45) is 1.18. The van der Waals surface area contributed by atoms with E-state index in [0.717, 1.165) is 30.6 Å². The second kappa shape index (κ2) is 11.0. The summed E-state index contributed by atoms with van der Waals surface area (Å²) >= 11 is 0. The lowest BCUT2D eigenvalue weighted by Crippen LogP contribution is -2.41. The van der Waals surface area contributed by atoms with Crippen molar-refractivity contribution in [3.8, 4) is 11.1 Å². The Labute approximate surface area is 207 Å². The van der Waals surface area contributed by atoms with Crippen molar-refractivity contribution >= 4 is 29.0 Å². The maximum Gasteiger partial charge on any atom is 0.159 e. The number of ether oxygens (including phenoxy) is 1. The predicted molar refractivity (Wildman–Crippen MR) is 142 cm³/mol. The van der Waals surface area contributed by atoms with Crippen LogP contribution in [-0.2, 0) is 11.3 Å². The first-order valence-corrected chi connectivity index (χ1v) is 11.7. The Morgan fingerprint density at radius 1 is 0.882 bits per heavy atom. The van der Waals surface area contributed by atoms with Crippen LogP contribution in [0.3, 0.4) is 0 Å². The highest BCUT2D eigenvalue weighted by Crippen LogP contribution is 2.31. The molecule has 2 atom stereocenters. The standard InChI is InChI=1S/C30H29NO2.ClH/c1-21(32)23-11-13-25(14-12-23)27-7-4-8-28(18-27)29-15-16-31-19-30(29)33-20-22-9-10-24-5-2-3-6-26(24)17-22;/h2-14,17-18,29-31H,15-16,19-20H2,1H3;1H. The number of piperidine rings is 1. The molecule has 2 unspecified atom stereocenters. The minimum Gasteiger partial charge on any atom is -0.372 e. The number of carbonyl (C=O) groups is 1. The lowest BCUT2D eigenvalue weighted by Gasteiger charge is -2.33. The van der Waals surface area contributed by atoms with Gasteiger partial charge in [-0.3, -0.25) is 4.79 Å². The molecule has 0 saturated carbocycles. The summed E-state index contributed by atoms with van der Waals surface area (Å²) < 4.78 is 6.47. The summed E-state index contributed by atoms with van der Waals surface area (Å²) in [7, 11) is 0. The SMILES string of the molecule is CC(=O)c1ccc(-c2cccc(C3CCNCC3OCc3ccc4ccccc4c3)c2)cc1.Cl. The maximum absolute atomic E-state index is 11.6. The maximum atomic E-state index is 11.6. The molecule has 5 rings (SSSR count). The fraction of sp³-hybridized carbons (Fsp3) is 0.233. The van der Waals surface area contributed by atoms with E-state index in [1.54, 1.807) is 6.92 Å². The van der Waals surface area contributed by atoms with Crippen molar-refractivity contribution in [1.29, 1.82) is 0 Å². The van der Waals surface area contributed by atoms with Crippen LogP contribution in [0, 0.1) is 0 Å². The van der Waals surface area contributed by atoms with E-state index >= 15 is 0 Å². The Morgan fingerprint density at radius 2 is 1.68 bits per heavy atom. The molecular weight excluding hydrogens is 442 g/mol. The average Bonchev–Trinajstić information content (AvgIpc) is 2.87. The Kier molecular flexibility index (Phi) is 7.79. The van der Waals surface area contributed by atoms with Crippen molar-refractivity contribution in [2.24, 2.45) is 0 Å². The average molecular weight is 472 g/mol. The van der Waals surface area contributed by atoms with Gasteiger partial charge in [0.2, 0.25) is 0 Å². The second-order valence-electron chi connectivity index (χ2n) is 8.89. The molecule has 34 heavy (non-hydrogen) atoms. The van der Waals surface area contributed by atoms with E-state index < -0.39 is 0 Å². The lowest BCUT2D eigenvalue weighted by atomic mass is 9.86. The molecule has 4 aromatic carbocycles. The van der Waals surface area contributed by atoms with Crippen molar-refractivity contribution in [2.45, 2.75) is 32.0 Å². The molecule has 0 radical (unpaired) electrons. The lowest BCUT2D eigenvalue weighted by molar-refractivity contribution is 0.0107. The Balaban J connectivity index is 0.00000274. The molecule has 4 aromatic rings. The fourth-order valence-electron chi connectivity index (χ4n) is 4.76. The van der Waals surface area contributed by atoms with Gasteiger partial charge in [-0.1, -0.05) is 84.9 Å². The van der Waals surface area contributed by atoms with Crippen molar-refractivity contribution in [3.63, 3.8) is 0 Å². The summed E-state index contributed by atoms with van der Waals surface area (Å²) in [6, 6.07) is 31.7. The van der Waals surface area contributed by atoms with Crippen molar-refractivity contribution in [1.82, 2.24) is 5.32 Å². The molecule has 0 bridgehead atoms. The van der Waals surface area contributed by atoms with E-state index in [-0.39, 0.29) is 24.3 Å². The topological polar surface area (TPSA) is 38.3 Å². The number of hydrogen-bond donors (Lipinski definition) is 1. The van der Waals surface area contributed by atoms with E-state index in [9.17, 15) is 4.79 Å². The molecule has 0 aliphatic carbocycles. The van der Waals surface area contributed by atoms with Crippen LogP contribution in [0.2, 0.25) is 0 Å². The van der Waals surface area contributed by atoms with E-state index in [1.807, 2.05) is 24.3 Å². The van der Waals surface area contributed by atoms with Crippen LogP contribution in [0.1, 0.15) is 40.7 Å². The number of Topliss-reactive ketones (excluding diaryl/α,β-unsaturated/α-hetero) is 1.